The minimum absolute atomic E-state index is 0.0606. The van der Waals surface area contributed by atoms with Gasteiger partial charge in [0.15, 0.2) is 0 Å². The average Bonchev–Trinajstić information content (AvgIpc) is 2.84. The molecule has 10 heteroatoms. The summed E-state index contributed by atoms with van der Waals surface area (Å²) in [4.78, 5) is 28.6. The number of carbonyl (C=O) groups is 2. The van der Waals surface area contributed by atoms with E-state index in [4.69, 9.17) is 11.6 Å². The molecule has 0 aromatic heterocycles. The summed E-state index contributed by atoms with van der Waals surface area (Å²) in [6, 6.07) is 11.7. The quantitative estimate of drug-likeness (QED) is 0.427. The Labute approximate surface area is 226 Å². The van der Waals surface area contributed by atoms with Crippen LogP contribution >= 0.6 is 11.6 Å². The molecule has 1 N–H and O–H groups in total. The fraction of sp³-hybridized carbons (Fsp3) is 0.481. The molecule has 2 rings (SSSR count). The molecule has 2 aromatic rings. The van der Waals surface area contributed by atoms with Crippen molar-refractivity contribution in [2.24, 2.45) is 0 Å². The van der Waals surface area contributed by atoms with Crippen LogP contribution in [0.4, 0.5) is 5.69 Å². The van der Waals surface area contributed by atoms with Crippen LogP contribution in [0.2, 0.25) is 5.02 Å². The maximum absolute atomic E-state index is 13.9. The third-order valence-corrected chi connectivity index (χ3v) is 8.36. The molecule has 0 unspecified atom stereocenters. The van der Waals surface area contributed by atoms with E-state index in [0.29, 0.717) is 17.1 Å². The number of benzene rings is 2. The Morgan fingerprint density at radius 3 is 2.16 bits per heavy atom. The van der Waals surface area contributed by atoms with Gasteiger partial charge < -0.3 is 10.2 Å². The van der Waals surface area contributed by atoms with Crippen LogP contribution < -0.4 is 9.62 Å². The van der Waals surface area contributed by atoms with Crippen molar-refractivity contribution in [2.75, 3.05) is 24.9 Å². The second-order valence-corrected chi connectivity index (χ2v) is 12.0. The molecule has 204 valence electrons. The maximum Gasteiger partial charge on any atom is 0.304 e. The Morgan fingerprint density at radius 1 is 1.00 bits per heavy atom. The standard InChI is InChI=1S/C27H39ClN4O4S/c1-8-21(5)29-27(34)24(9-2)31(17-22-12-14-23(28)15-13-22)26(33)18-32(37(35,36)30(6)7)25-16-19(3)10-11-20(25)4/h10-16,21,24H,8-9,17-18H2,1-7H3,(H,29,34)/t21-,24-/m1/s1. The summed E-state index contributed by atoms with van der Waals surface area (Å²) < 4.78 is 29.0. The zero-order chi connectivity index (χ0) is 27.9. The number of hydrogen-bond donors (Lipinski definition) is 1. The van der Waals surface area contributed by atoms with E-state index in [1.54, 1.807) is 37.3 Å². The normalized spacial score (nSPS) is 13.2. The van der Waals surface area contributed by atoms with Crippen molar-refractivity contribution in [1.82, 2.24) is 14.5 Å². The van der Waals surface area contributed by atoms with Crippen LogP contribution in [0.15, 0.2) is 42.5 Å². The van der Waals surface area contributed by atoms with E-state index in [9.17, 15) is 18.0 Å². The second kappa shape index (κ2) is 13.3. The van der Waals surface area contributed by atoms with Gasteiger partial charge in [-0.2, -0.15) is 12.7 Å². The van der Waals surface area contributed by atoms with Crippen LogP contribution in [0.3, 0.4) is 0 Å². The molecule has 2 aromatic carbocycles. The molecule has 0 radical (unpaired) electrons. The van der Waals surface area contributed by atoms with Crippen molar-refractivity contribution < 1.29 is 18.0 Å². The molecule has 0 aliphatic rings. The monoisotopic (exact) mass is 550 g/mol. The molecule has 0 heterocycles. The molecule has 0 spiro atoms. The van der Waals surface area contributed by atoms with Crippen molar-refractivity contribution in [1.29, 1.82) is 0 Å². The fourth-order valence-electron chi connectivity index (χ4n) is 3.84. The molecule has 0 aliphatic carbocycles. The van der Waals surface area contributed by atoms with Gasteiger partial charge in [0.05, 0.1) is 5.69 Å². The summed E-state index contributed by atoms with van der Waals surface area (Å²) in [6.07, 6.45) is 1.11. The van der Waals surface area contributed by atoms with Crippen molar-refractivity contribution in [2.45, 2.75) is 66.1 Å². The molecule has 37 heavy (non-hydrogen) atoms. The van der Waals surface area contributed by atoms with Crippen LogP contribution in [-0.4, -0.2) is 62.2 Å². The Kier molecular flexibility index (Phi) is 11.0. The highest BCUT2D eigenvalue weighted by molar-refractivity contribution is 7.90. The van der Waals surface area contributed by atoms with Gasteiger partial charge in [0.2, 0.25) is 11.8 Å². The lowest BCUT2D eigenvalue weighted by molar-refractivity contribution is -0.140. The third-order valence-electron chi connectivity index (χ3n) is 6.31. The fourth-order valence-corrected chi connectivity index (χ4v) is 5.08. The molecule has 0 fully saturated rings. The molecule has 0 saturated carbocycles. The molecule has 0 saturated heterocycles. The Hall–Kier alpha value is -2.62. The first-order valence-electron chi connectivity index (χ1n) is 12.4. The number of anilines is 1. The lowest BCUT2D eigenvalue weighted by Crippen LogP contribution is -2.54. The summed E-state index contributed by atoms with van der Waals surface area (Å²) in [6.45, 7) is 9.05. The highest BCUT2D eigenvalue weighted by atomic mass is 35.5. The number of aryl methyl sites for hydroxylation is 2. The summed E-state index contributed by atoms with van der Waals surface area (Å²) >= 11 is 6.05. The van der Waals surface area contributed by atoms with Crippen molar-refractivity contribution in [3.8, 4) is 0 Å². The first-order chi connectivity index (χ1) is 17.3. The molecule has 0 aliphatic heterocycles. The minimum Gasteiger partial charge on any atom is -0.352 e. The van der Waals surface area contributed by atoms with E-state index < -0.39 is 28.7 Å². The van der Waals surface area contributed by atoms with Gasteiger partial charge in [-0.15, -0.1) is 0 Å². The highest BCUT2D eigenvalue weighted by Crippen LogP contribution is 2.26. The second-order valence-electron chi connectivity index (χ2n) is 9.48. The molecule has 2 amide bonds. The number of carbonyl (C=O) groups excluding carboxylic acids is 2. The van der Waals surface area contributed by atoms with Gasteiger partial charge in [-0.1, -0.05) is 49.7 Å². The molecule has 2 atom stereocenters. The third kappa shape index (κ3) is 7.93. The predicted octanol–water partition coefficient (Wildman–Crippen LogP) is 4.29. The summed E-state index contributed by atoms with van der Waals surface area (Å²) in [7, 11) is -1.16. The minimum atomic E-state index is -4.01. The number of nitrogens with one attached hydrogen (secondary N) is 1. The van der Waals surface area contributed by atoms with Crippen LogP contribution in [-0.2, 0) is 26.3 Å². The maximum atomic E-state index is 13.9. The van der Waals surface area contributed by atoms with Gasteiger partial charge in [-0.3, -0.25) is 9.59 Å². The van der Waals surface area contributed by atoms with E-state index >= 15 is 0 Å². The largest absolute Gasteiger partial charge is 0.352 e. The molecular formula is C27H39ClN4O4S. The van der Waals surface area contributed by atoms with Crippen molar-refractivity contribution >= 4 is 39.3 Å². The number of halogens is 1. The zero-order valence-corrected chi connectivity index (χ0v) is 24.4. The van der Waals surface area contributed by atoms with Crippen molar-refractivity contribution in [3.05, 3.63) is 64.2 Å². The van der Waals surface area contributed by atoms with E-state index in [0.717, 1.165) is 31.7 Å². The summed E-state index contributed by atoms with van der Waals surface area (Å²) in [5, 5.41) is 3.52. The Morgan fingerprint density at radius 2 is 1.62 bits per heavy atom. The summed E-state index contributed by atoms with van der Waals surface area (Å²) in [5.74, 6) is -0.750. The SMILES string of the molecule is CC[C@@H](C)NC(=O)[C@@H](CC)N(Cc1ccc(Cl)cc1)C(=O)CN(c1cc(C)ccc1C)S(=O)(=O)N(C)C. The first-order valence-corrected chi connectivity index (χ1v) is 14.2. The van der Waals surface area contributed by atoms with Crippen LogP contribution in [0, 0.1) is 13.8 Å². The topological polar surface area (TPSA) is 90.0 Å². The van der Waals surface area contributed by atoms with Gasteiger partial charge in [-0.25, -0.2) is 4.31 Å². The molecule has 8 nitrogen and oxygen atoms in total. The van der Waals surface area contributed by atoms with Gasteiger partial charge in [0.1, 0.15) is 12.6 Å². The lowest BCUT2D eigenvalue weighted by Gasteiger charge is -2.34. The first kappa shape index (κ1) is 30.6. The predicted molar refractivity (Wildman–Crippen MR) is 150 cm³/mol. The van der Waals surface area contributed by atoms with E-state index in [1.807, 2.05) is 39.8 Å². The average molecular weight is 551 g/mol. The van der Waals surface area contributed by atoms with Gasteiger partial charge in [-0.05, 0) is 68.5 Å². The van der Waals surface area contributed by atoms with Crippen LogP contribution in [0.5, 0.6) is 0 Å². The number of amides is 2. The van der Waals surface area contributed by atoms with Gasteiger partial charge in [0, 0.05) is 31.7 Å². The number of hydrogen-bond acceptors (Lipinski definition) is 4. The molecule has 0 bridgehead atoms. The highest BCUT2D eigenvalue weighted by Gasteiger charge is 2.34. The van der Waals surface area contributed by atoms with Gasteiger partial charge in [0.25, 0.3) is 0 Å². The Bertz CT molecular complexity index is 1190. The lowest BCUT2D eigenvalue weighted by atomic mass is 10.1. The smallest absolute Gasteiger partial charge is 0.304 e. The van der Waals surface area contributed by atoms with Crippen molar-refractivity contribution in [3.63, 3.8) is 0 Å². The van der Waals surface area contributed by atoms with E-state index in [-0.39, 0.29) is 18.5 Å². The van der Waals surface area contributed by atoms with E-state index in [1.165, 1.54) is 19.0 Å². The van der Waals surface area contributed by atoms with Crippen LogP contribution in [0.1, 0.15) is 50.3 Å². The molecular weight excluding hydrogens is 512 g/mol. The zero-order valence-electron chi connectivity index (χ0n) is 22.8. The Balaban J connectivity index is 2.55. The van der Waals surface area contributed by atoms with Crippen LogP contribution in [0.25, 0.3) is 0 Å². The van der Waals surface area contributed by atoms with Gasteiger partial charge >= 0.3 is 10.2 Å². The number of rotatable bonds is 12. The number of nitrogens with zero attached hydrogens (tertiary/aromatic N) is 3. The van der Waals surface area contributed by atoms with E-state index in [2.05, 4.69) is 5.32 Å². The summed E-state index contributed by atoms with van der Waals surface area (Å²) in [5.41, 5.74) is 2.78.